The number of nitrogens with zero attached hydrogens (tertiary/aromatic N) is 1. The predicted octanol–water partition coefficient (Wildman–Crippen LogP) is 6.46. The first kappa shape index (κ1) is 27.2. The molecule has 0 saturated carbocycles. The van der Waals surface area contributed by atoms with Gasteiger partial charge in [0.25, 0.3) is 10.0 Å². The summed E-state index contributed by atoms with van der Waals surface area (Å²) in [6.45, 7) is -0.811. The minimum Gasteiger partial charge on any atom is -0.344 e. The fourth-order valence-corrected chi connectivity index (χ4v) is 5.61. The van der Waals surface area contributed by atoms with E-state index in [4.69, 9.17) is 11.6 Å². The molecule has 1 N–H and O–H groups in total. The van der Waals surface area contributed by atoms with Gasteiger partial charge < -0.3 is 5.32 Å². The second-order valence-corrected chi connectivity index (χ2v) is 10.6. The SMILES string of the molecule is O=C(CN(c1cc(C(F)(F)F)ccc1Cl)S(=O)(=O)c1ccccc1)NC(c1ccccc1)c1ccccc1. The molecule has 0 saturated heterocycles. The Labute approximate surface area is 223 Å². The van der Waals surface area contributed by atoms with E-state index in [0.29, 0.717) is 10.4 Å². The molecule has 196 valence electrons. The zero-order chi connectivity index (χ0) is 27.3. The van der Waals surface area contributed by atoms with Gasteiger partial charge >= 0.3 is 6.18 Å². The Kier molecular flexibility index (Phi) is 8.08. The van der Waals surface area contributed by atoms with Crippen molar-refractivity contribution in [1.82, 2.24) is 5.32 Å². The first-order chi connectivity index (χ1) is 18.1. The van der Waals surface area contributed by atoms with Crippen molar-refractivity contribution in [3.8, 4) is 0 Å². The third-order valence-corrected chi connectivity index (χ3v) is 7.83. The van der Waals surface area contributed by atoms with Gasteiger partial charge in [-0.05, 0) is 41.5 Å². The highest BCUT2D eigenvalue weighted by Gasteiger charge is 2.35. The number of hydrogen-bond acceptors (Lipinski definition) is 3. The monoisotopic (exact) mass is 558 g/mol. The molecule has 1 amide bonds. The Balaban J connectivity index is 1.75. The number of amides is 1. The van der Waals surface area contributed by atoms with Crippen LogP contribution in [0.1, 0.15) is 22.7 Å². The molecule has 0 unspecified atom stereocenters. The fourth-order valence-electron chi connectivity index (χ4n) is 3.89. The molecule has 4 aromatic carbocycles. The maximum atomic E-state index is 13.6. The van der Waals surface area contributed by atoms with E-state index >= 15 is 0 Å². The van der Waals surface area contributed by atoms with Crippen molar-refractivity contribution in [3.63, 3.8) is 0 Å². The summed E-state index contributed by atoms with van der Waals surface area (Å²) in [5.41, 5.74) is -0.0864. The molecule has 0 heterocycles. The van der Waals surface area contributed by atoms with Crippen molar-refractivity contribution in [1.29, 1.82) is 0 Å². The Morgan fingerprint density at radius 3 is 1.82 bits per heavy atom. The maximum Gasteiger partial charge on any atom is 0.416 e. The number of carbonyl (C=O) groups is 1. The molecule has 0 spiro atoms. The molecular formula is C28H22ClF3N2O3S. The van der Waals surface area contributed by atoms with Gasteiger partial charge in [-0.3, -0.25) is 9.10 Å². The average molecular weight is 559 g/mol. The van der Waals surface area contributed by atoms with Crippen LogP contribution >= 0.6 is 11.6 Å². The van der Waals surface area contributed by atoms with Crippen LogP contribution in [0.15, 0.2) is 114 Å². The minimum atomic E-state index is -4.75. The Bertz CT molecular complexity index is 1460. The Morgan fingerprint density at radius 2 is 1.32 bits per heavy atom. The highest BCUT2D eigenvalue weighted by atomic mass is 35.5. The molecule has 5 nitrogen and oxygen atoms in total. The second kappa shape index (κ2) is 11.3. The summed E-state index contributed by atoms with van der Waals surface area (Å²) < 4.78 is 68.3. The zero-order valence-corrected chi connectivity index (χ0v) is 21.3. The van der Waals surface area contributed by atoms with Gasteiger partial charge in [-0.15, -0.1) is 0 Å². The molecule has 4 rings (SSSR count). The van der Waals surface area contributed by atoms with E-state index in [1.54, 1.807) is 54.6 Å². The number of halogens is 4. The molecule has 4 aromatic rings. The van der Waals surface area contributed by atoms with Crippen LogP contribution in [0, 0.1) is 0 Å². The van der Waals surface area contributed by atoms with Gasteiger partial charge in [0, 0.05) is 0 Å². The molecule has 0 aromatic heterocycles. The van der Waals surface area contributed by atoms with E-state index in [-0.39, 0.29) is 9.92 Å². The Hall–Kier alpha value is -3.82. The van der Waals surface area contributed by atoms with Gasteiger partial charge in [-0.2, -0.15) is 13.2 Å². The van der Waals surface area contributed by atoms with Crippen molar-refractivity contribution >= 4 is 33.2 Å². The van der Waals surface area contributed by atoms with Crippen LogP contribution in [-0.4, -0.2) is 20.9 Å². The highest BCUT2D eigenvalue weighted by molar-refractivity contribution is 7.92. The topological polar surface area (TPSA) is 66.5 Å². The lowest BCUT2D eigenvalue weighted by Crippen LogP contribution is -2.42. The lowest BCUT2D eigenvalue weighted by atomic mass is 9.99. The van der Waals surface area contributed by atoms with Crippen LogP contribution in [0.25, 0.3) is 0 Å². The fraction of sp³-hybridized carbons (Fsp3) is 0.107. The van der Waals surface area contributed by atoms with Crippen LogP contribution in [0.5, 0.6) is 0 Å². The van der Waals surface area contributed by atoms with Gasteiger partial charge in [0.2, 0.25) is 5.91 Å². The number of alkyl halides is 3. The number of hydrogen-bond donors (Lipinski definition) is 1. The van der Waals surface area contributed by atoms with Crippen molar-refractivity contribution in [3.05, 3.63) is 131 Å². The number of nitrogens with one attached hydrogen (secondary N) is 1. The quantitative estimate of drug-likeness (QED) is 0.270. The standard InChI is InChI=1S/C28H22ClF3N2O3S/c29-24-17-16-22(28(30,31)32)18-25(24)34(38(36,37)23-14-8-3-9-15-23)19-26(35)33-27(20-10-4-1-5-11-20)21-12-6-2-7-13-21/h1-18,27H,19H2,(H,33,35). The second-order valence-electron chi connectivity index (χ2n) is 8.31. The summed E-state index contributed by atoms with van der Waals surface area (Å²) in [5, 5.41) is 2.57. The molecule has 0 radical (unpaired) electrons. The molecule has 0 aliphatic rings. The van der Waals surface area contributed by atoms with Crippen LogP contribution in [0.2, 0.25) is 5.02 Å². The van der Waals surface area contributed by atoms with E-state index in [2.05, 4.69) is 5.32 Å². The van der Waals surface area contributed by atoms with Gasteiger partial charge in [-0.1, -0.05) is 90.5 Å². The predicted molar refractivity (Wildman–Crippen MR) is 140 cm³/mol. The van der Waals surface area contributed by atoms with E-state index in [1.165, 1.54) is 24.3 Å². The molecule has 0 atom stereocenters. The molecule has 0 aliphatic carbocycles. The van der Waals surface area contributed by atoms with Crippen LogP contribution in [0.3, 0.4) is 0 Å². The summed E-state index contributed by atoms with van der Waals surface area (Å²) in [5.74, 6) is -0.740. The van der Waals surface area contributed by atoms with Crippen LogP contribution in [0.4, 0.5) is 18.9 Å². The van der Waals surface area contributed by atoms with Crippen molar-refractivity contribution in [2.45, 2.75) is 17.1 Å². The van der Waals surface area contributed by atoms with E-state index in [9.17, 15) is 26.4 Å². The van der Waals surface area contributed by atoms with Gasteiger partial charge in [0.15, 0.2) is 0 Å². The van der Waals surface area contributed by atoms with Crippen molar-refractivity contribution in [2.75, 3.05) is 10.8 Å². The van der Waals surface area contributed by atoms with Gasteiger partial charge in [0.05, 0.1) is 27.2 Å². The van der Waals surface area contributed by atoms with E-state index in [1.807, 2.05) is 12.1 Å². The number of anilines is 1. The summed E-state index contributed by atoms with van der Waals surface area (Å²) in [6.07, 6.45) is -4.75. The number of carbonyl (C=O) groups excluding carboxylic acids is 1. The highest BCUT2D eigenvalue weighted by Crippen LogP contribution is 2.37. The average Bonchev–Trinajstić information content (AvgIpc) is 2.91. The third-order valence-electron chi connectivity index (χ3n) is 5.73. The van der Waals surface area contributed by atoms with Crippen molar-refractivity contribution < 1.29 is 26.4 Å². The maximum absolute atomic E-state index is 13.6. The number of sulfonamides is 1. The van der Waals surface area contributed by atoms with Crippen LogP contribution in [-0.2, 0) is 21.0 Å². The summed E-state index contributed by atoms with van der Waals surface area (Å²) in [4.78, 5) is 13.2. The molecule has 10 heteroatoms. The Morgan fingerprint density at radius 1 is 0.816 bits per heavy atom. The van der Waals surface area contributed by atoms with Crippen molar-refractivity contribution in [2.24, 2.45) is 0 Å². The minimum absolute atomic E-state index is 0.205. The largest absolute Gasteiger partial charge is 0.416 e. The zero-order valence-electron chi connectivity index (χ0n) is 19.8. The summed E-state index contributed by atoms with van der Waals surface area (Å²) >= 11 is 6.21. The molecule has 0 aliphatic heterocycles. The summed E-state index contributed by atoms with van der Waals surface area (Å²) in [6, 6.07) is 26.9. The van der Waals surface area contributed by atoms with E-state index < -0.39 is 45.9 Å². The molecule has 38 heavy (non-hydrogen) atoms. The molecular weight excluding hydrogens is 537 g/mol. The van der Waals surface area contributed by atoms with Crippen LogP contribution < -0.4 is 9.62 Å². The first-order valence-corrected chi connectivity index (χ1v) is 13.2. The molecule has 0 bridgehead atoms. The van der Waals surface area contributed by atoms with Gasteiger partial charge in [0.1, 0.15) is 6.54 Å². The lowest BCUT2D eigenvalue weighted by Gasteiger charge is -2.27. The number of benzene rings is 4. The first-order valence-electron chi connectivity index (χ1n) is 11.4. The summed E-state index contributed by atoms with van der Waals surface area (Å²) in [7, 11) is -4.48. The smallest absolute Gasteiger partial charge is 0.344 e. The van der Waals surface area contributed by atoms with E-state index in [0.717, 1.165) is 23.3 Å². The lowest BCUT2D eigenvalue weighted by molar-refractivity contribution is -0.137. The third kappa shape index (κ3) is 6.17. The number of rotatable bonds is 8. The van der Waals surface area contributed by atoms with Gasteiger partial charge in [-0.25, -0.2) is 8.42 Å². The normalized spacial score (nSPS) is 11.8. The molecule has 0 fully saturated rings.